The largest absolute Gasteiger partial charge is 0.324 e. The lowest BCUT2D eigenvalue weighted by atomic mass is 9.75. The summed E-state index contributed by atoms with van der Waals surface area (Å²) in [4.78, 5) is 44.6. The highest BCUT2D eigenvalue weighted by Crippen LogP contribution is 2.60. The van der Waals surface area contributed by atoms with E-state index in [1.54, 1.807) is 0 Å². The predicted octanol–water partition coefficient (Wildman–Crippen LogP) is 2.73. The van der Waals surface area contributed by atoms with Crippen LogP contribution in [0.25, 0.3) is 0 Å². The maximum absolute atomic E-state index is 13.8. The Morgan fingerprint density at radius 2 is 1.81 bits per heavy atom. The summed E-state index contributed by atoms with van der Waals surface area (Å²) in [5.41, 5.74) is 3.64. The zero-order valence-corrected chi connectivity index (χ0v) is 17.7. The third kappa shape index (κ3) is 2.18. The van der Waals surface area contributed by atoms with E-state index in [0.717, 1.165) is 47.3 Å². The first-order valence-electron chi connectivity index (χ1n) is 11.0. The maximum Gasteiger partial charge on any atom is 0.250 e. The molecule has 1 spiro atoms. The Hall–Kier alpha value is -2.99. The number of benzene rings is 2. The van der Waals surface area contributed by atoms with Crippen LogP contribution in [-0.2, 0) is 26.5 Å². The summed E-state index contributed by atoms with van der Waals surface area (Å²) in [6.45, 7) is 5.02. The van der Waals surface area contributed by atoms with Crippen molar-refractivity contribution in [2.45, 2.75) is 44.8 Å². The topological polar surface area (TPSA) is 69.7 Å². The van der Waals surface area contributed by atoms with Crippen molar-refractivity contribution in [2.24, 2.45) is 11.8 Å². The predicted molar refractivity (Wildman–Crippen MR) is 115 cm³/mol. The molecule has 158 valence electrons. The van der Waals surface area contributed by atoms with Crippen molar-refractivity contribution in [1.82, 2.24) is 9.80 Å². The van der Waals surface area contributed by atoms with Gasteiger partial charge in [-0.2, -0.15) is 0 Å². The Kier molecular flexibility index (Phi) is 3.79. The molecule has 3 saturated heterocycles. The van der Waals surface area contributed by atoms with Crippen LogP contribution in [0.5, 0.6) is 0 Å². The van der Waals surface area contributed by atoms with Gasteiger partial charge in [0, 0.05) is 17.3 Å². The zero-order chi connectivity index (χ0) is 21.5. The first-order chi connectivity index (χ1) is 15.0. The minimum Gasteiger partial charge on any atom is -0.324 e. The van der Waals surface area contributed by atoms with Crippen LogP contribution in [0.4, 0.5) is 5.69 Å². The summed E-state index contributed by atoms with van der Waals surface area (Å²) in [7, 11) is 0. The second-order valence-corrected chi connectivity index (χ2v) is 9.31. The van der Waals surface area contributed by atoms with Gasteiger partial charge >= 0.3 is 0 Å². The van der Waals surface area contributed by atoms with Crippen molar-refractivity contribution >= 4 is 23.4 Å². The van der Waals surface area contributed by atoms with Crippen molar-refractivity contribution in [3.8, 4) is 0 Å². The molecule has 0 saturated carbocycles. The number of nitrogens with one attached hydrogen (secondary N) is 1. The van der Waals surface area contributed by atoms with E-state index in [-0.39, 0.29) is 30.3 Å². The number of imide groups is 1. The van der Waals surface area contributed by atoms with Crippen LogP contribution in [-0.4, -0.2) is 40.1 Å². The number of hydrogen-bond acceptors (Lipinski definition) is 4. The normalized spacial score (nSPS) is 31.4. The fourth-order valence-corrected chi connectivity index (χ4v) is 6.50. The number of nitrogens with zero attached hydrogens (tertiary/aromatic N) is 2. The van der Waals surface area contributed by atoms with E-state index < -0.39 is 17.4 Å². The van der Waals surface area contributed by atoms with Gasteiger partial charge in [-0.25, -0.2) is 0 Å². The second-order valence-electron chi connectivity index (χ2n) is 9.31. The van der Waals surface area contributed by atoms with Crippen LogP contribution in [0.3, 0.4) is 0 Å². The molecule has 4 aliphatic heterocycles. The molecule has 4 heterocycles. The summed E-state index contributed by atoms with van der Waals surface area (Å²) in [5, 5.41) is 3.10. The molecule has 6 nitrogen and oxygen atoms in total. The number of fused-ring (bicyclic) bond motifs is 7. The number of likely N-dealkylation sites (tertiary alicyclic amines) is 1. The van der Waals surface area contributed by atoms with Gasteiger partial charge in [-0.05, 0) is 49.9 Å². The summed E-state index contributed by atoms with van der Waals surface area (Å²) in [6, 6.07) is 13.5. The van der Waals surface area contributed by atoms with E-state index in [1.807, 2.05) is 56.3 Å². The number of aryl methyl sites for hydroxylation is 1. The van der Waals surface area contributed by atoms with Crippen molar-refractivity contribution in [3.05, 3.63) is 64.7 Å². The quantitative estimate of drug-likeness (QED) is 0.766. The average Bonchev–Trinajstić information content (AvgIpc) is 3.47. The lowest BCUT2D eigenvalue weighted by Gasteiger charge is -2.36. The van der Waals surface area contributed by atoms with Crippen molar-refractivity contribution in [1.29, 1.82) is 0 Å². The molecule has 31 heavy (non-hydrogen) atoms. The highest BCUT2D eigenvalue weighted by Gasteiger charge is 2.74. The molecule has 0 aromatic heterocycles. The Bertz CT molecular complexity index is 1140. The number of amides is 3. The van der Waals surface area contributed by atoms with Crippen LogP contribution < -0.4 is 5.32 Å². The summed E-state index contributed by atoms with van der Waals surface area (Å²) in [6.07, 6.45) is 1.78. The molecule has 4 aliphatic rings. The van der Waals surface area contributed by atoms with Gasteiger partial charge in [0.2, 0.25) is 17.7 Å². The summed E-state index contributed by atoms with van der Waals surface area (Å²) in [5.74, 6) is -1.63. The monoisotopic (exact) mass is 415 g/mol. The van der Waals surface area contributed by atoms with Gasteiger partial charge in [-0.15, -0.1) is 0 Å². The number of carbonyl (C=O) groups excluding carboxylic acids is 3. The summed E-state index contributed by atoms with van der Waals surface area (Å²) < 4.78 is 0. The Morgan fingerprint density at radius 1 is 1.03 bits per heavy atom. The van der Waals surface area contributed by atoms with Crippen molar-refractivity contribution < 1.29 is 14.4 Å². The number of rotatable bonds is 2. The second kappa shape index (κ2) is 6.26. The van der Waals surface area contributed by atoms with Gasteiger partial charge in [0.25, 0.3) is 0 Å². The van der Waals surface area contributed by atoms with Crippen molar-refractivity contribution in [3.63, 3.8) is 0 Å². The molecule has 2 aromatic rings. The smallest absolute Gasteiger partial charge is 0.250 e. The van der Waals surface area contributed by atoms with Gasteiger partial charge < -0.3 is 5.32 Å². The molecule has 0 radical (unpaired) electrons. The maximum atomic E-state index is 13.8. The van der Waals surface area contributed by atoms with Gasteiger partial charge in [-0.3, -0.25) is 24.2 Å². The highest BCUT2D eigenvalue weighted by atomic mass is 16.2. The first kappa shape index (κ1) is 18.8. The molecular weight excluding hydrogens is 390 g/mol. The third-order valence-corrected chi connectivity index (χ3v) is 7.97. The van der Waals surface area contributed by atoms with Crippen LogP contribution in [0.2, 0.25) is 0 Å². The summed E-state index contributed by atoms with van der Waals surface area (Å²) >= 11 is 0. The number of anilines is 1. The standard InChI is InChI=1S/C25H25N3O3/c1-14-10-11-17-21(15(14)2)26-24(31)25(17)20-19(18-9-6-12-28(18)25)22(29)27(23(20)30)13-16-7-4-3-5-8-16/h3-5,7-8,10-11,18-20H,6,9,12-13H2,1-2H3,(H,26,31)/t18-,19+,20-,25-/m0/s1. The van der Waals surface area contributed by atoms with E-state index in [2.05, 4.69) is 10.2 Å². The van der Waals surface area contributed by atoms with E-state index >= 15 is 0 Å². The molecule has 3 amide bonds. The van der Waals surface area contributed by atoms with Crippen molar-refractivity contribution in [2.75, 3.05) is 11.9 Å². The molecule has 3 fully saturated rings. The third-order valence-electron chi connectivity index (χ3n) is 7.97. The van der Waals surface area contributed by atoms with Gasteiger partial charge in [0.15, 0.2) is 0 Å². The van der Waals surface area contributed by atoms with E-state index in [4.69, 9.17) is 0 Å². The molecule has 0 aliphatic carbocycles. The lowest BCUT2D eigenvalue weighted by Crippen LogP contribution is -2.54. The average molecular weight is 415 g/mol. The van der Waals surface area contributed by atoms with E-state index in [1.165, 1.54) is 4.90 Å². The molecule has 6 rings (SSSR count). The van der Waals surface area contributed by atoms with E-state index in [9.17, 15) is 14.4 Å². The zero-order valence-electron chi connectivity index (χ0n) is 17.7. The fourth-order valence-electron chi connectivity index (χ4n) is 6.50. The van der Waals surface area contributed by atoms with Crippen LogP contribution >= 0.6 is 0 Å². The van der Waals surface area contributed by atoms with E-state index in [0.29, 0.717) is 0 Å². The Balaban J connectivity index is 1.51. The van der Waals surface area contributed by atoms with Gasteiger partial charge in [-0.1, -0.05) is 42.5 Å². The SMILES string of the molecule is Cc1ccc2c(c1C)NC(=O)[C@@]21[C@@H]2C(=O)N(Cc3ccccc3)C(=O)[C@@H]2[C@@H]2CCCN21. The Morgan fingerprint density at radius 3 is 2.58 bits per heavy atom. The van der Waals surface area contributed by atoms with Crippen LogP contribution in [0.1, 0.15) is 35.1 Å². The molecule has 0 unspecified atom stereocenters. The molecule has 4 atom stereocenters. The molecule has 0 bridgehead atoms. The van der Waals surface area contributed by atoms with Crippen LogP contribution in [0.15, 0.2) is 42.5 Å². The number of carbonyl (C=O) groups is 3. The molecule has 1 N–H and O–H groups in total. The lowest BCUT2D eigenvalue weighted by molar-refractivity contribution is -0.146. The minimum absolute atomic E-state index is 0.0690. The Labute approximate surface area is 181 Å². The highest BCUT2D eigenvalue weighted by molar-refractivity contribution is 6.15. The molecular formula is C25H25N3O3. The molecule has 2 aromatic carbocycles. The minimum atomic E-state index is -1.09. The van der Waals surface area contributed by atoms with Crippen LogP contribution in [0, 0.1) is 25.7 Å². The number of hydrogen-bond donors (Lipinski definition) is 1. The fraction of sp³-hybridized carbons (Fsp3) is 0.400. The van der Waals surface area contributed by atoms with Gasteiger partial charge in [0.1, 0.15) is 5.54 Å². The first-order valence-corrected chi connectivity index (χ1v) is 11.0. The van der Waals surface area contributed by atoms with Gasteiger partial charge in [0.05, 0.1) is 18.4 Å². The molecule has 6 heteroatoms.